The molecule has 1 aromatic carbocycles. The largest absolute Gasteiger partial charge is 0.206 e. The minimum absolute atomic E-state index is 0.296. The average molecular weight is 302 g/mol. The van der Waals surface area contributed by atoms with E-state index in [1.165, 1.54) is 6.07 Å². The summed E-state index contributed by atoms with van der Waals surface area (Å²) in [6.07, 6.45) is 0. The van der Waals surface area contributed by atoms with Crippen LogP contribution in [-0.2, 0) is 5.88 Å². The van der Waals surface area contributed by atoms with Gasteiger partial charge in [-0.2, -0.15) is 0 Å². The molecule has 11 heavy (non-hydrogen) atoms. The van der Waals surface area contributed by atoms with Crippen molar-refractivity contribution in [2.24, 2.45) is 0 Å². The molecule has 0 aliphatic heterocycles. The Morgan fingerprint density at radius 3 is 2.45 bits per heavy atom. The minimum Gasteiger partial charge on any atom is -0.206 e. The summed E-state index contributed by atoms with van der Waals surface area (Å²) in [7, 11) is 0. The second kappa shape index (κ2) is 3.87. The Balaban J connectivity index is 3.21. The van der Waals surface area contributed by atoms with Crippen molar-refractivity contribution in [1.29, 1.82) is 0 Å². The van der Waals surface area contributed by atoms with Crippen molar-refractivity contribution in [2.45, 2.75) is 5.88 Å². The highest BCUT2D eigenvalue weighted by Gasteiger charge is 2.04. The highest BCUT2D eigenvalue weighted by atomic mass is 79.9. The molecule has 4 heteroatoms. The lowest BCUT2D eigenvalue weighted by atomic mass is 10.2. The first-order valence-electron chi connectivity index (χ1n) is 2.84. The Morgan fingerprint density at radius 2 is 2.00 bits per heavy atom. The number of benzene rings is 1. The molecule has 0 fully saturated rings. The number of alkyl halides is 1. The number of hydrogen-bond acceptors (Lipinski definition) is 0. The van der Waals surface area contributed by atoms with Crippen LogP contribution in [0.25, 0.3) is 0 Å². The molecule has 0 nitrogen and oxygen atoms in total. The maximum Gasteiger partial charge on any atom is 0.138 e. The third kappa shape index (κ3) is 2.17. The maximum absolute atomic E-state index is 12.9. The molecular weight excluding hydrogens is 298 g/mol. The van der Waals surface area contributed by atoms with Crippen LogP contribution >= 0.6 is 43.5 Å². The lowest BCUT2D eigenvalue weighted by molar-refractivity contribution is 0.618. The Morgan fingerprint density at radius 1 is 1.36 bits per heavy atom. The van der Waals surface area contributed by atoms with Crippen LogP contribution in [0, 0.1) is 5.82 Å². The van der Waals surface area contributed by atoms with E-state index in [9.17, 15) is 4.39 Å². The van der Waals surface area contributed by atoms with Gasteiger partial charge < -0.3 is 0 Å². The van der Waals surface area contributed by atoms with Crippen LogP contribution in [0.1, 0.15) is 5.56 Å². The maximum atomic E-state index is 12.9. The zero-order valence-electron chi connectivity index (χ0n) is 5.37. The highest BCUT2D eigenvalue weighted by molar-refractivity contribution is 9.13. The van der Waals surface area contributed by atoms with Gasteiger partial charge in [-0.15, -0.1) is 11.6 Å². The van der Waals surface area contributed by atoms with E-state index in [0.29, 0.717) is 14.8 Å². The van der Waals surface area contributed by atoms with E-state index in [0.717, 1.165) is 5.56 Å². The van der Waals surface area contributed by atoms with Gasteiger partial charge in [-0.25, -0.2) is 4.39 Å². The van der Waals surface area contributed by atoms with Gasteiger partial charge in [-0.1, -0.05) is 0 Å². The van der Waals surface area contributed by atoms with Gasteiger partial charge in [0, 0.05) is 10.4 Å². The van der Waals surface area contributed by atoms with E-state index in [-0.39, 0.29) is 5.82 Å². The summed E-state index contributed by atoms with van der Waals surface area (Å²) in [5.41, 5.74) is 0.763. The molecule has 60 valence electrons. The van der Waals surface area contributed by atoms with Crippen LogP contribution in [0.5, 0.6) is 0 Å². The van der Waals surface area contributed by atoms with Gasteiger partial charge in [0.15, 0.2) is 0 Å². The van der Waals surface area contributed by atoms with Crippen LogP contribution in [0.4, 0.5) is 4.39 Å². The fraction of sp³-hybridized carbons (Fsp3) is 0.143. The first-order valence-corrected chi connectivity index (χ1v) is 4.96. The van der Waals surface area contributed by atoms with Gasteiger partial charge in [-0.3, -0.25) is 0 Å². The Labute approximate surface area is 86.0 Å². The zero-order chi connectivity index (χ0) is 8.43. The van der Waals surface area contributed by atoms with Gasteiger partial charge in [0.25, 0.3) is 0 Å². The summed E-state index contributed by atoms with van der Waals surface area (Å²) < 4.78 is 14.0. The summed E-state index contributed by atoms with van der Waals surface area (Å²) in [6.45, 7) is 0. The lowest BCUT2D eigenvalue weighted by Gasteiger charge is -2.00. The quantitative estimate of drug-likeness (QED) is 0.541. The van der Waals surface area contributed by atoms with Crippen molar-refractivity contribution in [3.8, 4) is 0 Å². The standard InChI is InChI=1S/C7H4Br2ClF/c8-5-1-4(3-10)2-6(11)7(5)9/h1-2H,3H2. The topological polar surface area (TPSA) is 0 Å². The lowest BCUT2D eigenvalue weighted by Crippen LogP contribution is -1.84. The third-order valence-electron chi connectivity index (χ3n) is 1.20. The van der Waals surface area contributed by atoms with E-state index >= 15 is 0 Å². The molecular formula is C7H4Br2ClF. The van der Waals surface area contributed by atoms with Crippen LogP contribution in [0.3, 0.4) is 0 Å². The highest BCUT2D eigenvalue weighted by Crippen LogP contribution is 2.27. The molecule has 0 saturated carbocycles. The molecule has 0 aliphatic rings. The molecule has 0 atom stereocenters. The Hall–Kier alpha value is 0.400. The van der Waals surface area contributed by atoms with Gasteiger partial charge >= 0.3 is 0 Å². The van der Waals surface area contributed by atoms with Crippen LogP contribution in [-0.4, -0.2) is 0 Å². The second-order valence-electron chi connectivity index (χ2n) is 2.01. The van der Waals surface area contributed by atoms with Gasteiger partial charge in [0.1, 0.15) is 5.82 Å². The molecule has 0 heterocycles. The summed E-state index contributed by atoms with van der Waals surface area (Å²) in [4.78, 5) is 0. The normalized spacial score (nSPS) is 10.2. The van der Waals surface area contributed by atoms with E-state index in [1.807, 2.05) is 0 Å². The van der Waals surface area contributed by atoms with Crippen molar-refractivity contribution >= 4 is 43.5 Å². The fourth-order valence-corrected chi connectivity index (χ4v) is 1.55. The third-order valence-corrected chi connectivity index (χ3v) is 3.47. The van der Waals surface area contributed by atoms with Crippen LogP contribution < -0.4 is 0 Å². The van der Waals surface area contributed by atoms with Crippen molar-refractivity contribution < 1.29 is 4.39 Å². The first-order chi connectivity index (χ1) is 5.15. The molecule has 0 bridgehead atoms. The zero-order valence-corrected chi connectivity index (χ0v) is 9.30. The molecule has 0 unspecified atom stereocenters. The molecule has 0 amide bonds. The van der Waals surface area contributed by atoms with Crippen molar-refractivity contribution in [2.75, 3.05) is 0 Å². The van der Waals surface area contributed by atoms with Crippen molar-refractivity contribution in [3.63, 3.8) is 0 Å². The van der Waals surface area contributed by atoms with Gasteiger partial charge in [0.2, 0.25) is 0 Å². The monoisotopic (exact) mass is 300 g/mol. The van der Waals surface area contributed by atoms with Crippen molar-refractivity contribution in [1.82, 2.24) is 0 Å². The molecule has 0 aliphatic carbocycles. The molecule has 0 spiro atoms. The SMILES string of the molecule is Fc1cc(CCl)cc(Br)c1Br. The predicted octanol–water partition coefficient (Wildman–Crippen LogP) is 4.09. The van der Waals surface area contributed by atoms with E-state index in [2.05, 4.69) is 31.9 Å². The Bertz CT molecular complexity index is 252. The van der Waals surface area contributed by atoms with Crippen LogP contribution in [0.2, 0.25) is 0 Å². The molecule has 0 saturated heterocycles. The van der Waals surface area contributed by atoms with E-state index in [1.54, 1.807) is 6.07 Å². The van der Waals surface area contributed by atoms with E-state index in [4.69, 9.17) is 11.6 Å². The summed E-state index contributed by atoms with van der Waals surface area (Å²) in [5.74, 6) is 0.0259. The minimum atomic E-state index is -0.296. The van der Waals surface area contributed by atoms with Crippen LogP contribution in [0.15, 0.2) is 21.1 Å². The summed E-state index contributed by atoms with van der Waals surface area (Å²) in [6, 6.07) is 3.18. The molecule has 0 N–H and O–H groups in total. The summed E-state index contributed by atoms with van der Waals surface area (Å²) in [5, 5.41) is 0. The smallest absolute Gasteiger partial charge is 0.138 e. The number of halogens is 4. The Kier molecular flexibility index (Phi) is 3.34. The number of rotatable bonds is 1. The van der Waals surface area contributed by atoms with Crippen molar-refractivity contribution in [3.05, 3.63) is 32.5 Å². The molecule has 0 radical (unpaired) electrons. The fourth-order valence-electron chi connectivity index (χ4n) is 0.685. The predicted molar refractivity (Wildman–Crippen MR) is 51.4 cm³/mol. The van der Waals surface area contributed by atoms with Gasteiger partial charge in [0.05, 0.1) is 4.47 Å². The summed E-state index contributed by atoms with van der Waals surface area (Å²) >= 11 is 11.8. The number of hydrogen-bond donors (Lipinski definition) is 0. The molecule has 1 aromatic rings. The average Bonchev–Trinajstić information content (AvgIpc) is 1.99. The van der Waals surface area contributed by atoms with E-state index < -0.39 is 0 Å². The van der Waals surface area contributed by atoms with Gasteiger partial charge in [-0.05, 0) is 49.6 Å². The second-order valence-corrected chi connectivity index (χ2v) is 3.92. The molecule has 1 rings (SSSR count). The first kappa shape index (κ1) is 9.49. The molecule has 0 aromatic heterocycles.